The third kappa shape index (κ3) is 10.7. The number of nitrogens with one attached hydrogen (secondary N) is 1. The third-order valence-corrected chi connectivity index (χ3v) is 7.72. The first-order valence-electron chi connectivity index (χ1n) is 13.8. The number of aliphatic hydroxyl groups is 1. The number of aryl methyl sites for hydroxylation is 2. The Morgan fingerprint density at radius 3 is 2.38 bits per heavy atom. The predicted molar refractivity (Wildman–Crippen MR) is 170 cm³/mol. The fraction of sp³-hybridized carbons (Fsp3) is 0.469. The molecule has 0 saturated heterocycles. The van der Waals surface area contributed by atoms with Gasteiger partial charge in [-0.1, -0.05) is 60.3 Å². The minimum absolute atomic E-state index is 0.0693. The molecule has 0 amide bonds. The van der Waals surface area contributed by atoms with E-state index in [1.54, 1.807) is 26.0 Å². The normalized spacial score (nSPS) is 13.8. The number of nitrogens with zero attached hydrogens (tertiary/aromatic N) is 1. The monoisotopic (exact) mass is 610 g/mol. The highest BCUT2D eigenvalue weighted by molar-refractivity contribution is 6.36. The number of benzene rings is 2. The number of allylic oxidation sites excluding steroid dienone is 2. The molecular weight excluding hydrogens is 570 g/mol. The smallest absolute Gasteiger partial charge is 0.161 e. The van der Waals surface area contributed by atoms with E-state index in [2.05, 4.69) is 23.0 Å². The molecule has 0 radical (unpaired) electrons. The molecule has 0 spiro atoms. The van der Waals surface area contributed by atoms with Gasteiger partial charge in [0.25, 0.3) is 0 Å². The Balaban J connectivity index is 1.87. The quantitative estimate of drug-likeness (QED) is 0.147. The van der Waals surface area contributed by atoms with E-state index in [1.807, 2.05) is 26.8 Å². The molecule has 2 unspecified atom stereocenters. The van der Waals surface area contributed by atoms with Gasteiger partial charge in [-0.05, 0) is 93.7 Å². The van der Waals surface area contributed by atoms with Gasteiger partial charge >= 0.3 is 0 Å². The summed E-state index contributed by atoms with van der Waals surface area (Å²) >= 11 is 19.5. The first-order valence-corrected chi connectivity index (χ1v) is 15.0. The summed E-state index contributed by atoms with van der Waals surface area (Å²) in [6.07, 6.45) is 5.83. The van der Waals surface area contributed by atoms with Gasteiger partial charge in [-0.15, -0.1) is 6.58 Å². The van der Waals surface area contributed by atoms with Gasteiger partial charge in [-0.25, -0.2) is 9.38 Å². The lowest BCUT2D eigenvalue weighted by atomic mass is 9.94. The lowest BCUT2D eigenvalue weighted by Gasteiger charge is -2.20. The van der Waals surface area contributed by atoms with E-state index >= 15 is 0 Å². The van der Waals surface area contributed by atoms with Crippen molar-refractivity contribution in [3.05, 3.63) is 79.8 Å². The highest BCUT2D eigenvalue weighted by Crippen LogP contribution is 2.33. The number of hydrogen-bond acceptors (Lipinski definition) is 4. The van der Waals surface area contributed by atoms with Crippen LogP contribution in [-0.4, -0.2) is 24.0 Å². The zero-order valence-electron chi connectivity index (χ0n) is 24.2. The fourth-order valence-electron chi connectivity index (χ4n) is 4.36. The van der Waals surface area contributed by atoms with Crippen molar-refractivity contribution in [3.8, 4) is 5.75 Å². The Morgan fingerprint density at radius 2 is 1.80 bits per heavy atom. The van der Waals surface area contributed by atoms with Crippen LogP contribution in [-0.2, 0) is 12.8 Å². The molecule has 2 N–H and O–H groups in total. The summed E-state index contributed by atoms with van der Waals surface area (Å²) in [7, 11) is 0. The second-order valence-electron chi connectivity index (χ2n) is 10.3. The summed E-state index contributed by atoms with van der Waals surface area (Å²) in [5.74, 6) is 0.534. The first kappa shape index (κ1) is 34.2. The summed E-state index contributed by atoms with van der Waals surface area (Å²) < 4.78 is 20.1. The van der Waals surface area contributed by atoms with Gasteiger partial charge in [0.1, 0.15) is 11.6 Å². The van der Waals surface area contributed by atoms with Gasteiger partial charge in [0.05, 0.1) is 17.7 Å². The Kier molecular flexibility index (Phi) is 14.5. The zero-order valence-corrected chi connectivity index (χ0v) is 26.5. The number of ether oxygens (including phenoxy) is 1. The SMILES string of the molecule is C=C(C)CCc1cc(C)c(OCCC(O)C(C)CCCc2c(Cl)cc(NC(/N=C\C)=C(\F)CC)cc2Cl)c(Cl)c1. The number of aliphatic imine (C=N–C) groups is 1. The number of hydrogen-bond donors (Lipinski definition) is 2. The van der Waals surface area contributed by atoms with Gasteiger partial charge < -0.3 is 15.2 Å². The summed E-state index contributed by atoms with van der Waals surface area (Å²) in [6.45, 7) is 13.8. The highest BCUT2D eigenvalue weighted by Gasteiger charge is 2.17. The van der Waals surface area contributed by atoms with Crippen LogP contribution in [0.3, 0.4) is 0 Å². The van der Waals surface area contributed by atoms with E-state index in [4.69, 9.17) is 39.5 Å². The van der Waals surface area contributed by atoms with Gasteiger partial charge in [0, 0.05) is 34.8 Å². The summed E-state index contributed by atoms with van der Waals surface area (Å²) in [6, 6.07) is 7.50. The van der Waals surface area contributed by atoms with Crippen LogP contribution in [0.5, 0.6) is 5.75 Å². The molecule has 8 heteroatoms. The number of rotatable bonds is 16. The van der Waals surface area contributed by atoms with Crippen LogP contribution >= 0.6 is 34.8 Å². The maximum atomic E-state index is 14.1. The van der Waals surface area contributed by atoms with Crippen molar-refractivity contribution in [3.63, 3.8) is 0 Å². The van der Waals surface area contributed by atoms with E-state index < -0.39 is 6.10 Å². The standard InChI is InChI=1S/C32H42Cl3FN2O2/c1-7-29(36)32(37-8-2)38-24-18-26(33)25(27(34)19-24)11-9-10-21(5)30(39)14-15-40-31-22(6)16-23(17-28(31)35)13-12-20(3)4/h8,16-19,21,30,38-39H,3,7,9-15H2,1-2,4-6H3/b32-29-,37-8-. The molecule has 2 atom stereocenters. The largest absolute Gasteiger partial charge is 0.492 e. The molecule has 4 nitrogen and oxygen atoms in total. The van der Waals surface area contributed by atoms with Crippen molar-refractivity contribution in [1.82, 2.24) is 0 Å². The molecule has 0 heterocycles. The average molecular weight is 612 g/mol. The molecule has 0 aliphatic carbocycles. The molecule has 0 aliphatic rings. The predicted octanol–water partition coefficient (Wildman–Crippen LogP) is 10.3. The van der Waals surface area contributed by atoms with Crippen molar-refractivity contribution in [1.29, 1.82) is 0 Å². The molecule has 2 rings (SSSR count). The molecule has 0 aliphatic heterocycles. The van der Waals surface area contributed by atoms with Crippen LogP contribution in [0.2, 0.25) is 15.1 Å². The molecular formula is C32H42Cl3FN2O2. The lowest BCUT2D eigenvalue weighted by molar-refractivity contribution is 0.0853. The molecule has 40 heavy (non-hydrogen) atoms. The van der Waals surface area contributed by atoms with Gasteiger partial charge in [-0.3, -0.25) is 0 Å². The Morgan fingerprint density at radius 1 is 1.12 bits per heavy atom. The van der Waals surface area contributed by atoms with Crippen LogP contribution in [0.25, 0.3) is 0 Å². The summed E-state index contributed by atoms with van der Waals surface area (Å²) in [4.78, 5) is 4.06. The van der Waals surface area contributed by atoms with Crippen LogP contribution in [0, 0.1) is 12.8 Å². The van der Waals surface area contributed by atoms with Gasteiger partial charge in [-0.2, -0.15) is 0 Å². The maximum Gasteiger partial charge on any atom is 0.161 e. The molecule has 220 valence electrons. The van der Waals surface area contributed by atoms with Crippen LogP contribution in [0.15, 0.2) is 53.1 Å². The third-order valence-electron chi connectivity index (χ3n) is 6.76. The highest BCUT2D eigenvalue weighted by atomic mass is 35.5. The molecule has 0 saturated carbocycles. The Labute approximate surface area is 254 Å². The Hall–Kier alpha value is -2.05. The summed E-state index contributed by atoms with van der Waals surface area (Å²) in [5.41, 5.74) is 4.70. The fourth-order valence-corrected chi connectivity index (χ4v) is 5.38. The second-order valence-corrected chi connectivity index (χ2v) is 11.5. The molecule has 2 aromatic rings. The van der Waals surface area contributed by atoms with Crippen LogP contribution in [0.1, 0.15) is 76.5 Å². The van der Waals surface area contributed by atoms with Gasteiger partial charge in [0.15, 0.2) is 5.82 Å². The van der Waals surface area contributed by atoms with Crippen LogP contribution < -0.4 is 10.1 Å². The number of aliphatic hydroxyl groups excluding tert-OH is 1. The van der Waals surface area contributed by atoms with Crippen LogP contribution in [0.4, 0.5) is 10.1 Å². The molecule has 0 fully saturated rings. The molecule has 0 aromatic heterocycles. The van der Waals surface area contributed by atoms with E-state index in [9.17, 15) is 9.50 Å². The minimum Gasteiger partial charge on any atom is -0.492 e. The van der Waals surface area contributed by atoms with Crippen molar-refractivity contribution in [2.45, 2.75) is 85.7 Å². The van der Waals surface area contributed by atoms with E-state index in [-0.39, 0.29) is 24.0 Å². The van der Waals surface area contributed by atoms with E-state index in [0.29, 0.717) is 46.0 Å². The average Bonchev–Trinajstić information content (AvgIpc) is 2.89. The first-order chi connectivity index (χ1) is 19.0. The zero-order chi connectivity index (χ0) is 29.8. The van der Waals surface area contributed by atoms with Gasteiger partial charge in [0.2, 0.25) is 0 Å². The van der Waals surface area contributed by atoms with Crippen molar-refractivity contribution in [2.75, 3.05) is 11.9 Å². The minimum atomic E-state index is -0.510. The maximum absolute atomic E-state index is 14.1. The Bertz CT molecular complexity index is 1170. The van der Waals surface area contributed by atoms with Crippen molar-refractivity contribution < 1.29 is 14.2 Å². The van der Waals surface area contributed by atoms with Crippen molar-refractivity contribution >= 4 is 46.7 Å². The van der Waals surface area contributed by atoms with Crippen molar-refractivity contribution in [2.24, 2.45) is 10.9 Å². The molecule has 0 bridgehead atoms. The molecule has 2 aromatic carbocycles. The second kappa shape index (κ2) is 17.0. The van der Waals surface area contributed by atoms with E-state index in [0.717, 1.165) is 47.9 Å². The number of anilines is 1. The summed E-state index contributed by atoms with van der Waals surface area (Å²) in [5, 5.41) is 15.3. The van der Waals surface area contributed by atoms with E-state index in [1.165, 1.54) is 6.21 Å². The number of halogens is 4. The lowest BCUT2D eigenvalue weighted by Crippen LogP contribution is -2.21. The topological polar surface area (TPSA) is 53.9 Å².